The third kappa shape index (κ3) is 8.17. The Balaban J connectivity index is 1.78. The van der Waals surface area contributed by atoms with Crippen LogP contribution in [0.1, 0.15) is 102 Å². The van der Waals surface area contributed by atoms with E-state index in [1.165, 1.54) is 12.6 Å². The number of aliphatic hydroxyl groups excluding tert-OH is 2. The lowest BCUT2D eigenvalue weighted by Crippen LogP contribution is -2.57. The standard InChI is InChI=1S/C38H53N5O5/c1-5-24(4)32(40)35(46)33(30-17-9-10-19-42-30)43-37(48)38(23(2)3,22-31(44)28(39)21-25-13-7-6-8-14-25)36(47)34(45)27-15-11-18-29-26(27)16-12-20-41-29/h9-12,15-20,23-25,28,31-34,44-45H,5-8,13-14,21-22,39-40H2,1-4H3,(H,43,48)/t24-,28-,31-,32-,33?,34?,38-/m0/s1. The summed E-state index contributed by atoms with van der Waals surface area (Å²) in [5, 5.41) is 26.9. The van der Waals surface area contributed by atoms with E-state index in [2.05, 4.69) is 15.3 Å². The summed E-state index contributed by atoms with van der Waals surface area (Å²) in [4.78, 5) is 52.3. The molecule has 10 nitrogen and oxygen atoms in total. The van der Waals surface area contributed by atoms with Crippen LogP contribution in [0.4, 0.5) is 0 Å². The van der Waals surface area contributed by atoms with Gasteiger partial charge in [-0.1, -0.05) is 90.5 Å². The van der Waals surface area contributed by atoms with E-state index in [0.717, 1.165) is 25.7 Å². The molecule has 0 radical (unpaired) electrons. The summed E-state index contributed by atoms with van der Waals surface area (Å²) >= 11 is 0. The number of hydrogen-bond donors (Lipinski definition) is 5. The van der Waals surface area contributed by atoms with Crippen molar-refractivity contribution in [3.8, 4) is 0 Å². The number of amides is 1. The number of benzene rings is 1. The summed E-state index contributed by atoms with van der Waals surface area (Å²) in [7, 11) is 0. The quantitative estimate of drug-likeness (QED) is 0.136. The predicted molar refractivity (Wildman–Crippen MR) is 186 cm³/mol. The molecule has 4 rings (SSSR count). The molecule has 1 aliphatic carbocycles. The van der Waals surface area contributed by atoms with Gasteiger partial charge in [0.05, 0.1) is 23.4 Å². The molecule has 2 unspecified atom stereocenters. The van der Waals surface area contributed by atoms with Crippen molar-refractivity contribution >= 4 is 28.4 Å². The van der Waals surface area contributed by atoms with Crippen LogP contribution in [0, 0.1) is 23.2 Å². The number of hydrogen-bond acceptors (Lipinski definition) is 9. The van der Waals surface area contributed by atoms with Gasteiger partial charge in [-0.05, 0) is 60.4 Å². The molecule has 1 saturated carbocycles. The maximum Gasteiger partial charge on any atom is 0.235 e. The molecule has 260 valence electrons. The number of Topliss-reactive ketones (excluding diaryl/α,β-unsaturated/α-hetero) is 2. The van der Waals surface area contributed by atoms with Crippen LogP contribution >= 0.6 is 0 Å². The Kier molecular flexibility index (Phi) is 13.0. The molecule has 0 saturated heterocycles. The van der Waals surface area contributed by atoms with Crippen molar-refractivity contribution in [3.63, 3.8) is 0 Å². The van der Waals surface area contributed by atoms with Gasteiger partial charge in [0.1, 0.15) is 17.6 Å². The van der Waals surface area contributed by atoms with Gasteiger partial charge in [-0.15, -0.1) is 0 Å². The molecule has 2 aromatic heterocycles. The lowest BCUT2D eigenvalue weighted by Gasteiger charge is -2.40. The number of aromatic nitrogens is 2. The van der Waals surface area contributed by atoms with Gasteiger partial charge in [0.25, 0.3) is 0 Å². The Bertz CT molecular complexity index is 1520. The Morgan fingerprint density at radius 3 is 2.29 bits per heavy atom. The first-order chi connectivity index (χ1) is 22.9. The highest BCUT2D eigenvalue weighted by molar-refractivity contribution is 6.10. The second-order valence-electron chi connectivity index (χ2n) is 14.0. The fourth-order valence-corrected chi connectivity index (χ4v) is 7.11. The van der Waals surface area contributed by atoms with Crippen molar-refractivity contribution < 1.29 is 24.6 Å². The minimum atomic E-state index is -1.98. The maximum atomic E-state index is 14.8. The monoisotopic (exact) mass is 659 g/mol. The zero-order valence-electron chi connectivity index (χ0n) is 28.7. The highest BCUT2D eigenvalue weighted by Gasteiger charge is 2.53. The van der Waals surface area contributed by atoms with Gasteiger partial charge in [-0.3, -0.25) is 24.4 Å². The van der Waals surface area contributed by atoms with Crippen LogP contribution in [0.5, 0.6) is 0 Å². The first kappa shape index (κ1) is 37.3. The van der Waals surface area contributed by atoms with Gasteiger partial charge in [-0.2, -0.15) is 0 Å². The van der Waals surface area contributed by atoms with Crippen molar-refractivity contribution in [2.75, 3.05) is 0 Å². The van der Waals surface area contributed by atoms with Crippen LogP contribution in [0.3, 0.4) is 0 Å². The van der Waals surface area contributed by atoms with Crippen LogP contribution in [-0.2, 0) is 14.4 Å². The summed E-state index contributed by atoms with van der Waals surface area (Å²) < 4.78 is 0. The second-order valence-corrected chi connectivity index (χ2v) is 14.0. The van der Waals surface area contributed by atoms with Crippen molar-refractivity contribution in [3.05, 3.63) is 72.2 Å². The number of aliphatic hydroxyl groups is 2. The van der Waals surface area contributed by atoms with Crippen LogP contribution in [-0.4, -0.2) is 55.8 Å². The van der Waals surface area contributed by atoms with Gasteiger partial charge in [0.2, 0.25) is 5.91 Å². The molecule has 7 atom stereocenters. The van der Waals surface area contributed by atoms with Crippen molar-refractivity contribution in [1.29, 1.82) is 0 Å². The number of ketones is 2. The van der Waals surface area contributed by atoms with Crippen LogP contribution in [0.2, 0.25) is 0 Å². The molecule has 48 heavy (non-hydrogen) atoms. The number of carbonyl (C=O) groups is 3. The fraction of sp³-hybridized carbons (Fsp3) is 0.553. The van der Waals surface area contributed by atoms with Crippen LogP contribution < -0.4 is 16.8 Å². The third-order valence-corrected chi connectivity index (χ3v) is 10.5. The number of pyridine rings is 2. The molecule has 1 fully saturated rings. The molecule has 3 aromatic rings. The van der Waals surface area contributed by atoms with E-state index >= 15 is 0 Å². The normalized spacial score (nSPS) is 19.1. The molecule has 2 heterocycles. The van der Waals surface area contributed by atoms with E-state index in [0.29, 0.717) is 35.2 Å². The van der Waals surface area contributed by atoms with Crippen molar-refractivity contribution in [2.24, 2.45) is 34.6 Å². The summed E-state index contributed by atoms with van der Waals surface area (Å²) in [5.41, 5.74) is 12.2. The molecule has 7 N–H and O–H groups in total. The summed E-state index contributed by atoms with van der Waals surface area (Å²) in [6, 6.07) is 10.7. The van der Waals surface area contributed by atoms with Crippen molar-refractivity contribution in [2.45, 2.75) is 109 Å². The number of fused-ring (bicyclic) bond motifs is 1. The van der Waals surface area contributed by atoms with E-state index in [9.17, 15) is 24.6 Å². The van der Waals surface area contributed by atoms with Gasteiger partial charge >= 0.3 is 0 Å². The summed E-state index contributed by atoms with van der Waals surface area (Å²) in [6.07, 6.45) is 6.45. The van der Waals surface area contributed by atoms with Crippen molar-refractivity contribution in [1.82, 2.24) is 15.3 Å². The summed E-state index contributed by atoms with van der Waals surface area (Å²) in [6.45, 7) is 7.20. The molecule has 1 aromatic carbocycles. The molecule has 0 bridgehead atoms. The van der Waals surface area contributed by atoms with E-state index in [1.807, 2.05) is 13.8 Å². The molecule has 1 aliphatic rings. The highest BCUT2D eigenvalue weighted by atomic mass is 16.3. The first-order valence-corrected chi connectivity index (χ1v) is 17.4. The van der Waals surface area contributed by atoms with E-state index in [4.69, 9.17) is 11.5 Å². The Morgan fingerprint density at radius 1 is 0.938 bits per heavy atom. The maximum absolute atomic E-state index is 14.8. The van der Waals surface area contributed by atoms with E-state index < -0.39 is 59.1 Å². The largest absolute Gasteiger partial charge is 0.391 e. The molecule has 1 amide bonds. The SMILES string of the molecule is CC[C@H](C)[C@H](N)C(=O)C(NC(=O)[C@](C[C@H](O)[C@@H](N)CC1CCCCC1)(C(=O)C(O)c1cccc2ncccc12)C(C)C)c1ccccn1. The number of nitrogens with zero attached hydrogens (tertiary/aromatic N) is 2. The third-order valence-electron chi connectivity index (χ3n) is 10.5. The predicted octanol–water partition coefficient (Wildman–Crippen LogP) is 4.72. The molecular weight excluding hydrogens is 606 g/mol. The number of nitrogens with two attached hydrogens (primary N) is 2. The van der Waals surface area contributed by atoms with E-state index in [-0.39, 0.29) is 18.0 Å². The highest BCUT2D eigenvalue weighted by Crippen LogP contribution is 2.42. The minimum absolute atomic E-state index is 0.182. The van der Waals surface area contributed by atoms with Gasteiger partial charge < -0.3 is 27.0 Å². The average Bonchev–Trinajstić information content (AvgIpc) is 3.11. The zero-order chi connectivity index (χ0) is 35.0. The average molecular weight is 660 g/mol. The Labute approximate surface area is 284 Å². The first-order valence-electron chi connectivity index (χ1n) is 17.4. The van der Waals surface area contributed by atoms with Gasteiger partial charge in [0.15, 0.2) is 11.6 Å². The summed E-state index contributed by atoms with van der Waals surface area (Å²) in [5.74, 6) is -2.59. The fourth-order valence-electron chi connectivity index (χ4n) is 7.11. The smallest absolute Gasteiger partial charge is 0.235 e. The van der Waals surface area contributed by atoms with Crippen LogP contribution in [0.15, 0.2) is 60.9 Å². The molecule has 0 spiro atoms. The number of nitrogens with one attached hydrogen (secondary N) is 1. The molecule has 0 aliphatic heterocycles. The Hall–Kier alpha value is -3.57. The van der Waals surface area contributed by atoms with Crippen LogP contribution in [0.25, 0.3) is 10.9 Å². The van der Waals surface area contributed by atoms with E-state index in [1.54, 1.807) is 68.6 Å². The minimum Gasteiger partial charge on any atom is -0.391 e. The van der Waals surface area contributed by atoms with Gasteiger partial charge in [-0.25, -0.2) is 0 Å². The second kappa shape index (κ2) is 16.7. The Morgan fingerprint density at radius 2 is 1.65 bits per heavy atom. The molecule has 10 heteroatoms. The lowest BCUT2D eigenvalue weighted by atomic mass is 9.65. The van der Waals surface area contributed by atoms with Gasteiger partial charge in [0, 0.05) is 23.8 Å². The zero-order valence-corrected chi connectivity index (χ0v) is 28.7. The number of carbonyl (C=O) groups excluding carboxylic acids is 3. The number of rotatable bonds is 16. The molecular formula is C38H53N5O5. The topological polar surface area (TPSA) is 182 Å². The lowest BCUT2D eigenvalue weighted by molar-refractivity contribution is -0.155.